The van der Waals surface area contributed by atoms with Crippen LogP contribution in [0.2, 0.25) is 0 Å². The third-order valence-corrected chi connectivity index (χ3v) is 9.23. The number of rotatable bonds is 10. The number of aliphatic hydroxyl groups is 1. The molecule has 1 saturated heterocycles. The number of ether oxygens (including phenoxy) is 3. The minimum absolute atomic E-state index is 0.00173. The van der Waals surface area contributed by atoms with Crippen LogP contribution in [-0.4, -0.2) is 41.1 Å². The molecule has 0 spiro atoms. The van der Waals surface area contributed by atoms with Gasteiger partial charge in [0.2, 0.25) is 0 Å². The summed E-state index contributed by atoms with van der Waals surface area (Å²) in [5, 5.41) is 12.2. The molecule has 2 aliphatic rings. The van der Waals surface area contributed by atoms with E-state index in [9.17, 15) is 14.7 Å². The van der Waals surface area contributed by atoms with Gasteiger partial charge in [-0.2, -0.15) is 0 Å². The molecule has 2 atom stereocenters. The van der Waals surface area contributed by atoms with Gasteiger partial charge in [-0.3, -0.25) is 14.5 Å². The van der Waals surface area contributed by atoms with E-state index in [1.54, 1.807) is 18.2 Å². The van der Waals surface area contributed by atoms with Crippen molar-refractivity contribution in [2.24, 2.45) is 0 Å². The van der Waals surface area contributed by atoms with Crippen molar-refractivity contribution in [2.45, 2.75) is 72.4 Å². The number of unbranched alkanes of at least 4 members (excludes halogenated alkanes) is 2. The molecule has 4 aromatic rings. The highest BCUT2D eigenvalue weighted by molar-refractivity contribution is 7.22. The molecule has 1 N–H and O–H groups in total. The average Bonchev–Trinajstić information content (AvgIpc) is 3.68. The summed E-state index contributed by atoms with van der Waals surface area (Å²) < 4.78 is 18.8. The van der Waals surface area contributed by atoms with Gasteiger partial charge in [-0.15, -0.1) is 0 Å². The van der Waals surface area contributed by atoms with Crippen LogP contribution in [-0.2, 0) is 16.0 Å². The number of aliphatic hydroxyl groups excluding tert-OH is 1. The van der Waals surface area contributed by atoms with Crippen LogP contribution in [0.25, 0.3) is 16.0 Å². The van der Waals surface area contributed by atoms with Crippen molar-refractivity contribution < 1.29 is 28.9 Å². The van der Waals surface area contributed by atoms with Gasteiger partial charge in [0.05, 0.1) is 35.0 Å². The molecule has 0 aliphatic carbocycles. The molecular formula is C36H38N2O6S. The summed E-state index contributed by atoms with van der Waals surface area (Å²) in [4.78, 5) is 34.0. The zero-order chi connectivity index (χ0) is 31.8. The molecule has 6 rings (SSSR count). The minimum Gasteiger partial charge on any atom is -0.507 e. The summed E-state index contributed by atoms with van der Waals surface area (Å²) >= 11 is 1.35. The molecule has 0 saturated carbocycles. The van der Waals surface area contributed by atoms with Gasteiger partial charge < -0.3 is 19.3 Å². The zero-order valence-corrected chi connectivity index (χ0v) is 27.1. The van der Waals surface area contributed by atoms with Crippen LogP contribution >= 0.6 is 11.3 Å². The number of benzene rings is 3. The van der Waals surface area contributed by atoms with Crippen LogP contribution in [0.15, 0.2) is 54.1 Å². The van der Waals surface area contributed by atoms with E-state index in [4.69, 9.17) is 19.2 Å². The van der Waals surface area contributed by atoms with Gasteiger partial charge >= 0.3 is 5.91 Å². The SMILES string of the molecule is CCCCCOc1ccc(C2/C(=C(\O)c3ccc4c(c3)CC(C)O4)C(=O)C(=O)N2c2nc3c(C)cc(C)cc3s2)cc1OCC. The maximum atomic E-state index is 13.9. The largest absolute Gasteiger partial charge is 0.507 e. The van der Waals surface area contributed by atoms with E-state index in [-0.39, 0.29) is 17.4 Å². The number of anilines is 1. The smallest absolute Gasteiger partial charge is 0.301 e. The molecule has 234 valence electrons. The van der Waals surface area contributed by atoms with Crippen LogP contribution in [0.1, 0.15) is 73.9 Å². The second-order valence-electron chi connectivity index (χ2n) is 11.7. The highest BCUT2D eigenvalue weighted by Gasteiger charge is 2.48. The summed E-state index contributed by atoms with van der Waals surface area (Å²) in [7, 11) is 0. The summed E-state index contributed by atoms with van der Waals surface area (Å²) in [6, 6.07) is 13.9. The van der Waals surface area contributed by atoms with E-state index in [0.717, 1.165) is 51.9 Å². The Morgan fingerprint density at radius 3 is 2.64 bits per heavy atom. The van der Waals surface area contributed by atoms with Gasteiger partial charge in [-0.25, -0.2) is 4.98 Å². The molecule has 2 unspecified atom stereocenters. The van der Waals surface area contributed by atoms with Crippen molar-refractivity contribution in [1.82, 2.24) is 4.98 Å². The number of carbonyl (C=O) groups is 2. The molecule has 45 heavy (non-hydrogen) atoms. The summed E-state index contributed by atoms with van der Waals surface area (Å²) in [5.41, 5.74) is 4.84. The van der Waals surface area contributed by atoms with E-state index >= 15 is 0 Å². The summed E-state index contributed by atoms with van der Waals surface area (Å²) in [6.45, 7) is 11.0. The Bertz CT molecular complexity index is 1830. The lowest BCUT2D eigenvalue weighted by molar-refractivity contribution is -0.132. The number of nitrogens with zero attached hydrogens (tertiary/aromatic N) is 2. The lowest BCUT2D eigenvalue weighted by Gasteiger charge is -2.24. The first-order valence-corrected chi connectivity index (χ1v) is 16.4. The Labute approximate surface area is 267 Å². The monoisotopic (exact) mass is 626 g/mol. The molecule has 1 fully saturated rings. The number of hydrogen-bond donors (Lipinski definition) is 1. The Morgan fingerprint density at radius 1 is 1.04 bits per heavy atom. The fourth-order valence-corrected chi connectivity index (χ4v) is 7.32. The van der Waals surface area contributed by atoms with Gasteiger partial charge in [0.25, 0.3) is 5.78 Å². The van der Waals surface area contributed by atoms with Crippen LogP contribution in [0.5, 0.6) is 17.2 Å². The quantitative estimate of drug-likeness (QED) is 0.0829. The number of amides is 1. The maximum Gasteiger partial charge on any atom is 0.301 e. The average molecular weight is 627 g/mol. The standard InChI is InChI=1S/C36H38N2O6S/c1-6-8-9-14-43-27-13-10-23(19-28(27)42-7-2)32-30(33(39)24-11-12-26-25(18-24)17-22(5)44-26)34(40)35(41)38(32)36-37-31-21(4)15-20(3)16-29(31)45-36/h10-13,15-16,18-19,22,32,39H,6-9,14,17H2,1-5H3/b33-30+. The first-order chi connectivity index (χ1) is 21.7. The fraction of sp³-hybridized carbons (Fsp3) is 0.361. The first kappa shape index (κ1) is 30.6. The topological polar surface area (TPSA) is 98.2 Å². The van der Waals surface area contributed by atoms with E-state index in [0.29, 0.717) is 47.4 Å². The number of carbonyl (C=O) groups excluding carboxylic acids is 2. The number of ketones is 1. The predicted octanol–water partition coefficient (Wildman–Crippen LogP) is 7.83. The van der Waals surface area contributed by atoms with Crippen LogP contribution in [0.4, 0.5) is 5.13 Å². The van der Waals surface area contributed by atoms with Gasteiger partial charge in [0.15, 0.2) is 16.6 Å². The third kappa shape index (κ3) is 5.77. The number of hydrogen-bond acceptors (Lipinski definition) is 8. The molecule has 9 heteroatoms. The molecule has 2 aliphatic heterocycles. The van der Waals surface area contributed by atoms with E-state index < -0.39 is 17.7 Å². The molecule has 1 amide bonds. The molecule has 3 aromatic carbocycles. The van der Waals surface area contributed by atoms with E-state index in [2.05, 4.69) is 6.92 Å². The van der Waals surface area contributed by atoms with Gasteiger partial charge in [-0.05, 0) is 92.8 Å². The van der Waals surface area contributed by atoms with Crippen molar-refractivity contribution in [2.75, 3.05) is 18.1 Å². The van der Waals surface area contributed by atoms with Crippen LogP contribution < -0.4 is 19.1 Å². The molecule has 0 bridgehead atoms. The zero-order valence-electron chi connectivity index (χ0n) is 26.3. The maximum absolute atomic E-state index is 13.9. The van der Waals surface area contributed by atoms with Gasteiger partial charge in [-0.1, -0.05) is 43.2 Å². The minimum atomic E-state index is -0.941. The fourth-order valence-electron chi connectivity index (χ4n) is 6.15. The Hall–Kier alpha value is -4.37. The molecule has 8 nitrogen and oxygen atoms in total. The molecule has 1 aromatic heterocycles. The number of fused-ring (bicyclic) bond motifs is 2. The number of Topliss-reactive ketones (excluding diaryl/α,β-unsaturated/α-hetero) is 1. The van der Waals surface area contributed by atoms with Crippen LogP contribution in [0.3, 0.4) is 0 Å². The van der Waals surface area contributed by atoms with Crippen LogP contribution in [0, 0.1) is 13.8 Å². The first-order valence-electron chi connectivity index (χ1n) is 15.6. The molecule has 3 heterocycles. The molecule has 0 radical (unpaired) electrons. The number of aryl methyl sites for hydroxylation is 2. The second-order valence-corrected chi connectivity index (χ2v) is 12.8. The van der Waals surface area contributed by atoms with Crippen molar-refractivity contribution in [3.8, 4) is 17.2 Å². The van der Waals surface area contributed by atoms with E-state index in [1.807, 2.05) is 58.0 Å². The molecular weight excluding hydrogens is 588 g/mol. The number of aromatic nitrogens is 1. The predicted molar refractivity (Wildman–Crippen MR) is 177 cm³/mol. The highest BCUT2D eigenvalue weighted by atomic mass is 32.1. The summed E-state index contributed by atoms with van der Waals surface area (Å²) in [5.74, 6) is 0.101. The number of thiazole rings is 1. The Morgan fingerprint density at radius 2 is 1.87 bits per heavy atom. The summed E-state index contributed by atoms with van der Waals surface area (Å²) in [6.07, 6.45) is 3.78. The third-order valence-electron chi connectivity index (χ3n) is 8.23. The highest BCUT2D eigenvalue weighted by Crippen LogP contribution is 2.46. The Balaban J connectivity index is 1.50. The Kier molecular flexibility index (Phi) is 8.55. The lowest BCUT2D eigenvalue weighted by atomic mass is 9.94. The van der Waals surface area contributed by atoms with Crippen molar-refractivity contribution in [1.29, 1.82) is 0 Å². The normalized spacial score (nSPS) is 18.8. The van der Waals surface area contributed by atoms with Gasteiger partial charge in [0.1, 0.15) is 17.6 Å². The van der Waals surface area contributed by atoms with E-state index in [1.165, 1.54) is 16.2 Å². The van der Waals surface area contributed by atoms with Gasteiger partial charge in [0, 0.05) is 12.0 Å². The van der Waals surface area contributed by atoms with Crippen molar-refractivity contribution in [3.05, 3.63) is 81.9 Å². The van der Waals surface area contributed by atoms with Crippen molar-refractivity contribution >= 4 is 44.1 Å². The lowest BCUT2D eigenvalue weighted by Crippen LogP contribution is -2.29. The van der Waals surface area contributed by atoms with Crippen molar-refractivity contribution in [3.63, 3.8) is 0 Å². The second kappa shape index (κ2) is 12.6.